The van der Waals surface area contributed by atoms with E-state index in [9.17, 15) is 8.42 Å². The number of nitrogens with zero attached hydrogens (tertiary/aromatic N) is 5. The van der Waals surface area contributed by atoms with Crippen molar-refractivity contribution in [2.24, 2.45) is 12.2 Å². The number of primary sulfonamides is 1. The number of hydrogen-bond donors (Lipinski definition) is 1. The molecule has 1 fully saturated rings. The molecule has 0 unspecified atom stereocenters. The van der Waals surface area contributed by atoms with E-state index in [1.165, 1.54) is 0 Å². The number of rotatable bonds is 4. The maximum Gasteiger partial charge on any atom is 0.238 e. The van der Waals surface area contributed by atoms with Gasteiger partial charge in [0.1, 0.15) is 11.6 Å². The highest BCUT2D eigenvalue weighted by Gasteiger charge is 2.19. The molecule has 2 heterocycles. The standard InChI is InChI=1S/C15H22N6O2S/c1-12-17-18-15(19(12)2)11-20-7-9-21(10-8-20)13-3-5-14(6-4-13)24(16,22)23/h3-6H,7-11H2,1-2H3,(H2,16,22,23). The minimum atomic E-state index is -3.64. The molecule has 130 valence electrons. The van der Waals surface area contributed by atoms with E-state index in [-0.39, 0.29) is 4.90 Å². The first-order valence-electron chi connectivity index (χ1n) is 7.79. The molecule has 1 aliphatic rings. The average Bonchev–Trinajstić information content (AvgIpc) is 2.87. The zero-order valence-corrected chi connectivity index (χ0v) is 14.7. The topological polar surface area (TPSA) is 97.3 Å². The van der Waals surface area contributed by atoms with Crippen LogP contribution >= 0.6 is 0 Å². The van der Waals surface area contributed by atoms with Gasteiger partial charge in [0.2, 0.25) is 10.0 Å². The molecule has 1 aromatic heterocycles. The Balaban J connectivity index is 1.60. The molecule has 1 saturated heterocycles. The van der Waals surface area contributed by atoms with Crippen LogP contribution in [-0.2, 0) is 23.6 Å². The van der Waals surface area contributed by atoms with Gasteiger partial charge in [0, 0.05) is 38.9 Å². The van der Waals surface area contributed by atoms with E-state index in [2.05, 4.69) is 20.0 Å². The van der Waals surface area contributed by atoms with Gasteiger partial charge in [-0.1, -0.05) is 0 Å². The Morgan fingerprint density at radius 1 is 1.08 bits per heavy atom. The second-order valence-corrected chi connectivity index (χ2v) is 7.59. The summed E-state index contributed by atoms with van der Waals surface area (Å²) >= 11 is 0. The Morgan fingerprint density at radius 2 is 1.71 bits per heavy atom. The first-order valence-corrected chi connectivity index (χ1v) is 9.34. The Hall–Kier alpha value is -1.97. The van der Waals surface area contributed by atoms with Crippen LogP contribution in [0.1, 0.15) is 11.6 Å². The number of sulfonamides is 1. The smallest absolute Gasteiger partial charge is 0.238 e. The van der Waals surface area contributed by atoms with Crippen molar-refractivity contribution in [2.45, 2.75) is 18.4 Å². The number of anilines is 1. The number of aromatic nitrogens is 3. The summed E-state index contributed by atoms with van der Waals surface area (Å²) in [6, 6.07) is 6.72. The SMILES string of the molecule is Cc1nnc(CN2CCN(c3ccc(S(N)(=O)=O)cc3)CC2)n1C. The van der Waals surface area contributed by atoms with Gasteiger partial charge < -0.3 is 9.47 Å². The lowest BCUT2D eigenvalue weighted by Crippen LogP contribution is -2.46. The largest absolute Gasteiger partial charge is 0.369 e. The molecule has 8 nitrogen and oxygen atoms in total. The first-order chi connectivity index (χ1) is 11.3. The summed E-state index contributed by atoms with van der Waals surface area (Å²) in [6.45, 7) is 6.33. The number of nitrogens with two attached hydrogens (primary N) is 1. The molecule has 2 aromatic rings. The van der Waals surface area contributed by atoms with Gasteiger partial charge >= 0.3 is 0 Å². The third-order valence-corrected chi connectivity index (χ3v) is 5.38. The van der Waals surface area contributed by atoms with Crippen molar-refractivity contribution in [2.75, 3.05) is 31.1 Å². The van der Waals surface area contributed by atoms with Crippen molar-refractivity contribution in [3.05, 3.63) is 35.9 Å². The van der Waals surface area contributed by atoms with Crippen LogP contribution in [0.4, 0.5) is 5.69 Å². The van der Waals surface area contributed by atoms with Crippen LogP contribution in [-0.4, -0.2) is 54.3 Å². The van der Waals surface area contributed by atoms with Crippen LogP contribution in [0, 0.1) is 6.92 Å². The average molecular weight is 350 g/mol. The fourth-order valence-corrected chi connectivity index (χ4v) is 3.31. The molecule has 0 atom stereocenters. The maximum absolute atomic E-state index is 11.3. The summed E-state index contributed by atoms with van der Waals surface area (Å²) in [5.74, 6) is 1.89. The second-order valence-electron chi connectivity index (χ2n) is 6.02. The van der Waals surface area contributed by atoms with E-state index in [0.29, 0.717) is 0 Å². The number of hydrogen-bond acceptors (Lipinski definition) is 6. The van der Waals surface area contributed by atoms with Crippen molar-refractivity contribution in [1.82, 2.24) is 19.7 Å². The predicted molar refractivity (Wildman–Crippen MR) is 91.0 cm³/mol. The quantitative estimate of drug-likeness (QED) is 0.839. The van der Waals surface area contributed by atoms with Gasteiger partial charge in [-0.3, -0.25) is 4.90 Å². The van der Waals surface area contributed by atoms with Crippen molar-refractivity contribution in [3.63, 3.8) is 0 Å². The molecule has 0 saturated carbocycles. The predicted octanol–water partition coefficient (Wildman–Crippen LogP) is 0.0931. The molecule has 2 N–H and O–H groups in total. The summed E-state index contributed by atoms with van der Waals surface area (Å²) < 4.78 is 24.6. The summed E-state index contributed by atoms with van der Waals surface area (Å²) in [7, 11) is -1.66. The van der Waals surface area contributed by atoms with E-state index in [4.69, 9.17) is 5.14 Å². The third-order valence-electron chi connectivity index (χ3n) is 4.45. The Kier molecular flexibility index (Phi) is 4.57. The summed E-state index contributed by atoms with van der Waals surface area (Å²) in [5.41, 5.74) is 1.01. The molecule has 3 rings (SSSR count). The fraction of sp³-hybridized carbons (Fsp3) is 0.467. The monoisotopic (exact) mass is 350 g/mol. The summed E-state index contributed by atoms with van der Waals surface area (Å²) in [5, 5.41) is 13.4. The minimum absolute atomic E-state index is 0.141. The Labute approximate surface area is 141 Å². The normalized spacial score (nSPS) is 16.5. The second kappa shape index (κ2) is 6.50. The molecule has 0 bridgehead atoms. The number of benzene rings is 1. The first kappa shape index (κ1) is 16.9. The van der Waals surface area contributed by atoms with Gasteiger partial charge in [-0.15, -0.1) is 10.2 Å². The van der Waals surface area contributed by atoms with Crippen LogP contribution in [0.25, 0.3) is 0 Å². The summed E-state index contributed by atoms with van der Waals surface area (Å²) in [6.07, 6.45) is 0. The Bertz CT molecular complexity index is 807. The lowest BCUT2D eigenvalue weighted by Gasteiger charge is -2.35. The molecule has 0 aliphatic carbocycles. The lowest BCUT2D eigenvalue weighted by atomic mass is 10.2. The highest BCUT2D eigenvalue weighted by Crippen LogP contribution is 2.19. The van der Waals surface area contributed by atoms with Crippen molar-refractivity contribution in [3.8, 4) is 0 Å². The molecule has 1 aromatic carbocycles. The van der Waals surface area contributed by atoms with Crippen LogP contribution in [0.5, 0.6) is 0 Å². The minimum Gasteiger partial charge on any atom is -0.369 e. The molecule has 9 heteroatoms. The van der Waals surface area contributed by atoms with Gasteiger partial charge in [0.15, 0.2) is 0 Å². The fourth-order valence-electron chi connectivity index (χ4n) is 2.80. The number of aryl methyl sites for hydroxylation is 1. The zero-order chi connectivity index (χ0) is 17.3. The molecule has 0 amide bonds. The molecule has 1 aliphatic heterocycles. The highest BCUT2D eigenvalue weighted by atomic mass is 32.2. The van der Waals surface area contributed by atoms with E-state index < -0.39 is 10.0 Å². The third kappa shape index (κ3) is 3.58. The van der Waals surface area contributed by atoms with Gasteiger partial charge in [-0.25, -0.2) is 13.6 Å². The molecule has 24 heavy (non-hydrogen) atoms. The van der Waals surface area contributed by atoms with Gasteiger partial charge in [0.05, 0.1) is 11.4 Å². The summed E-state index contributed by atoms with van der Waals surface area (Å²) in [4.78, 5) is 4.73. The van der Waals surface area contributed by atoms with E-state index >= 15 is 0 Å². The lowest BCUT2D eigenvalue weighted by molar-refractivity contribution is 0.241. The molecular weight excluding hydrogens is 328 g/mol. The number of piperazine rings is 1. The van der Waals surface area contributed by atoms with Gasteiger partial charge in [-0.2, -0.15) is 0 Å². The van der Waals surface area contributed by atoms with E-state index in [1.807, 2.05) is 18.5 Å². The Morgan fingerprint density at radius 3 is 2.21 bits per heavy atom. The van der Waals surface area contributed by atoms with Crippen LogP contribution in [0.15, 0.2) is 29.2 Å². The van der Waals surface area contributed by atoms with Gasteiger partial charge in [-0.05, 0) is 31.2 Å². The van der Waals surface area contributed by atoms with E-state index in [0.717, 1.165) is 50.1 Å². The van der Waals surface area contributed by atoms with Crippen LogP contribution in [0.3, 0.4) is 0 Å². The van der Waals surface area contributed by atoms with Crippen LogP contribution < -0.4 is 10.0 Å². The zero-order valence-electron chi connectivity index (χ0n) is 13.9. The van der Waals surface area contributed by atoms with Crippen LogP contribution in [0.2, 0.25) is 0 Å². The van der Waals surface area contributed by atoms with Crippen molar-refractivity contribution < 1.29 is 8.42 Å². The highest BCUT2D eigenvalue weighted by molar-refractivity contribution is 7.89. The van der Waals surface area contributed by atoms with E-state index in [1.54, 1.807) is 24.3 Å². The molecule has 0 spiro atoms. The van der Waals surface area contributed by atoms with Crippen molar-refractivity contribution >= 4 is 15.7 Å². The molecule has 0 radical (unpaired) electrons. The molecular formula is C15H22N6O2S. The van der Waals surface area contributed by atoms with Gasteiger partial charge in [0.25, 0.3) is 0 Å². The maximum atomic E-state index is 11.3. The van der Waals surface area contributed by atoms with Crippen molar-refractivity contribution in [1.29, 1.82) is 0 Å².